The van der Waals surface area contributed by atoms with E-state index in [1.54, 1.807) is 0 Å². The van der Waals surface area contributed by atoms with Gasteiger partial charge in [-0.05, 0) is 0 Å². The Bertz CT molecular complexity index is 400. The molecule has 6 heteroatoms. The van der Waals surface area contributed by atoms with E-state index >= 15 is 0 Å². The predicted octanol–water partition coefficient (Wildman–Crippen LogP) is 1.91. The Kier molecular flexibility index (Phi) is 15.4. The molecule has 0 amide bonds. The molecule has 0 spiro atoms. The van der Waals surface area contributed by atoms with Crippen LogP contribution < -0.4 is 0 Å². The van der Waals surface area contributed by atoms with Gasteiger partial charge in [0.2, 0.25) is 0 Å². The number of nitrogens with zero attached hydrogens (tertiary/aromatic N) is 2. The molecule has 0 bridgehead atoms. The van der Waals surface area contributed by atoms with Crippen LogP contribution in [0.2, 0.25) is 0 Å². The highest BCUT2D eigenvalue weighted by molar-refractivity contribution is 4.85. The van der Waals surface area contributed by atoms with Gasteiger partial charge in [0.25, 0.3) is 0 Å². The fourth-order valence-electron chi connectivity index (χ4n) is 1.90. The lowest BCUT2D eigenvalue weighted by atomic mass is 9.92. The van der Waals surface area contributed by atoms with Gasteiger partial charge in [-0.3, -0.25) is 0 Å². The lowest BCUT2D eigenvalue weighted by Crippen LogP contribution is -2.42. The van der Waals surface area contributed by atoms with Crippen LogP contribution in [0, 0.1) is 52.8 Å². The Balaban J connectivity index is 4.75. The Morgan fingerprint density at radius 1 is 0.600 bits per heavy atom. The third kappa shape index (κ3) is 13.0. The van der Waals surface area contributed by atoms with E-state index in [2.05, 4.69) is 11.8 Å². The van der Waals surface area contributed by atoms with E-state index in [1.165, 1.54) is 0 Å². The zero-order chi connectivity index (χ0) is 18.6. The minimum absolute atomic E-state index is 0.307. The van der Waals surface area contributed by atoms with Crippen molar-refractivity contribution in [2.24, 2.45) is 5.41 Å². The van der Waals surface area contributed by atoms with Crippen molar-refractivity contribution in [1.82, 2.24) is 0 Å². The summed E-state index contributed by atoms with van der Waals surface area (Å²) in [5.41, 5.74) is -0.548. The second kappa shape index (κ2) is 16.8. The van der Waals surface area contributed by atoms with Gasteiger partial charge in [0.05, 0.1) is 83.3 Å². The van der Waals surface area contributed by atoms with Crippen molar-refractivity contribution >= 4 is 0 Å². The highest BCUT2D eigenvalue weighted by Crippen LogP contribution is 2.21. The van der Waals surface area contributed by atoms with Crippen LogP contribution in [0.3, 0.4) is 0 Å². The third-order valence-electron chi connectivity index (χ3n) is 3.13. The number of terminal acetylenes is 2. The Morgan fingerprint density at radius 2 is 0.920 bits per heavy atom. The van der Waals surface area contributed by atoms with Crippen LogP contribution in [-0.2, 0) is 18.9 Å². The lowest BCUT2D eigenvalue weighted by molar-refractivity contribution is -0.104. The van der Waals surface area contributed by atoms with Crippen LogP contribution in [0.4, 0.5) is 0 Å². The second-order valence-electron chi connectivity index (χ2n) is 5.43. The quantitative estimate of drug-likeness (QED) is 0.313. The van der Waals surface area contributed by atoms with Gasteiger partial charge in [-0.2, -0.15) is 10.5 Å². The van der Waals surface area contributed by atoms with E-state index in [0.717, 1.165) is 0 Å². The van der Waals surface area contributed by atoms with E-state index in [1.807, 2.05) is 12.1 Å². The van der Waals surface area contributed by atoms with Crippen LogP contribution in [0.15, 0.2) is 0 Å². The van der Waals surface area contributed by atoms with Gasteiger partial charge in [-0.1, -0.05) is 0 Å². The number of rotatable bonds is 16. The molecule has 0 aliphatic rings. The minimum atomic E-state index is -0.548. The molecule has 0 atom stereocenters. The molecule has 0 aromatic carbocycles. The van der Waals surface area contributed by atoms with Crippen LogP contribution in [0.25, 0.3) is 0 Å². The maximum Gasteiger partial charge on any atom is 0.0645 e. The van der Waals surface area contributed by atoms with Crippen molar-refractivity contribution in [2.45, 2.75) is 25.7 Å². The molecule has 25 heavy (non-hydrogen) atoms. The molecule has 0 N–H and O–H groups in total. The largest absolute Gasteiger partial charge is 0.380 e. The van der Waals surface area contributed by atoms with Gasteiger partial charge < -0.3 is 18.9 Å². The fraction of sp³-hybridized carbons (Fsp3) is 0.684. The predicted molar refractivity (Wildman–Crippen MR) is 93.1 cm³/mol. The second-order valence-corrected chi connectivity index (χ2v) is 5.43. The van der Waals surface area contributed by atoms with Crippen molar-refractivity contribution in [3.8, 4) is 36.8 Å². The molecule has 0 radical (unpaired) electrons. The maximum atomic E-state index is 8.62. The Morgan fingerprint density at radius 3 is 1.20 bits per heavy atom. The molecule has 0 fully saturated rings. The number of nitriles is 2. The molecular formula is C19H26N2O4. The van der Waals surface area contributed by atoms with Crippen LogP contribution in [-0.4, -0.2) is 52.9 Å². The van der Waals surface area contributed by atoms with Crippen molar-refractivity contribution in [3.63, 3.8) is 0 Å². The molecule has 0 saturated carbocycles. The molecule has 0 aromatic rings. The molecule has 6 nitrogen and oxygen atoms in total. The number of hydrogen-bond acceptors (Lipinski definition) is 6. The highest BCUT2D eigenvalue weighted by atomic mass is 16.5. The molecule has 0 aromatic heterocycles. The summed E-state index contributed by atoms with van der Waals surface area (Å²) in [6.07, 6.45) is 12.1. The molecule has 0 rings (SSSR count). The third-order valence-corrected chi connectivity index (χ3v) is 3.13. The standard InChI is InChI=1S/C19H26N2O4/c1-3-5-11-22-15-19(16-23-12-6-4-2,17-24-13-7-9-20)18-25-14-8-10-21/h1-2H,5-8,11-18H2. The van der Waals surface area contributed by atoms with Gasteiger partial charge in [-0.15, -0.1) is 24.7 Å². The van der Waals surface area contributed by atoms with Gasteiger partial charge in [0.1, 0.15) is 0 Å². The van der Waals surface area contributed by atoms with E-state index in [4.69, 9.17) is 42.3 Å². The molecular weight excluding hydrogens is 320 g/mol. The van der Waals surface area contributed by atoms with Gasteiger partial charge >= 0.3 is 0 Å². The Labute approximate surface area is 151 Å². The van der Waals surface area contributed by atoms with E-state index < -0.39 is 5.41 Å². The Hall–Kier alpha value is -2.06. The topological polar surface area (TPSA) is 84.5 Å². The molecule has 136 valence electrons. The molecule has 0 unspecified atom stereocenters. The first-order valence-electron chi connectivity index (χ1n) is 8.16. The SMILES string of the molecule is C#CCCOCC(COCCC#C)(COCCC#N)COCCC#N. The summed E-state index contributed by atoms with van der Waals surface area (Å²) >= 11 is 0. The van der Waals surface area contributed by atoms with E-state index in [9.17, 15) is 0 Å². The molecule has 0 saturated heterocycles. The lowest BCUT2D eigenvalue weighted by Gasteiger charge is -2.32. The van der Waals surface area contributed by atoms with Crippen molar-refractivity contribution < 1.29 is 18.9 Å². The van der Waals surface area contributed by atoms with Crippen LogP contribution in [0.5, 0.6) is 0 Å². The van der Waals surface area contributed by atoms with Crippen molar-refractivity contribution in [3.05, 3.63) is 0 Å². The molecule has 0 aliphatic heterocycles. The fourth-order valence-corrected chi connectivity index (χ4v) is 1.90. The van der Waals surface area contributed by atoms with Gasteiger partial charge in [0, 0.05) is 12.8 Å². The summed E-state index contributed by atoms with van der Waals surface area (Å²) < 4.78 is 22.5. The summed E-state index contributed by atoms with van der Waals surface area (Å²) in [7, 11) is 0. The van der Waals surface area contributed by atoms with Gasteiger partial charge in [-0.25, -0.2) is 0 Å². The summed E-state index contributed by atoms with van der Waals surface area (Å²) in [6.45, 7) is 2.81. The molecule has 0 heterocycles. The highest BCUT2D eigenvalue weighted by Gasteiger charge is 2.32. The zero-order valence-electron chi connectivity index (χ0n) is 14.7. The average molecular weight is 346 g/mol. The van der Waals surface area contributed by atoms with Crippen molar-refractivity contribution in [2.75, 3.05) is 52.9 Å². The first-order chi connectivity index (χ1) is 12.2. The first kappa shape index (κ1) is 22.9. The van der Waals surface area contributed by atoms with Gasteiger partial charge in [0.15, 0.2) is 0 Å². The van der Waals surface area contributed by atoms with E-state index in [0.29, 0.717) is 78.5 Å². The summed E-state index contributed by atoms with van der Waals surface area (Å²) in [5, 5.41) is 17.2. The van der Waals surface area contributed by atoms with Crippen LogP contribution >= 0.6 is 0 Å². The van der Waals surface area contributed by atoms with Crippen molar-refractivity contribution in [1.29, 1.82) is 10.5 Å². The summed E-state index contributed by atoms with van der Waals surface area (Å²) in [6, 6.07) is 4.07. The van der Waals surface area contributed by atoms with Crippen LogP contribution in [0.1, 0.15) is 25.7 Å². The first-order valence-corrected chi connectivity index (χ1v) is 8.16. The number of hydrogen-bond donors (Lipinski definition) is 0. The van der Waals surface area contributed by atoms with E-state index in [-0.39, 0.29) is 0 Å². The minimum Gasteiger partial charge on any atom is -0.380 e. The summed E-state index contributed by atoms with van der Waals surface area (Å²) in [4.78, 5) is 0. The normalized spacial score (nSPS) is 10.4. The monoisotopic (exact) mass is 346 g/mol. The summed E-state index contributed by atoms with van der Waals surface area (Å²) in [5.74, 6) is 5.04. The average Bonchev–Trinajstić information content (AvgIpc) is 2.63. The smallest absolute Gasteiger partial charge is 0.0645 e. The maximum absolute atomic E-state index is 8.62. The zero-order valence-corrected chi connectivity index (χ0v) is 14.7. The number of ether oxygens (including phenoxy) is 4. The molecule has 0 aliphatic carbocycles.